The molecule has 1 aromatic heterocycles. The Hall–Kier alpha value is -1.46. The smallest absolute Gasteiger partial charge is 0.223 e. The van der Waals surface area contributed by atoms with E-state index in [1.165, 1.54) is 12.1 Å². The van der Waals surface area contributed by atoms with Crippen LogP contribution in [0.15, 0.2) is 34.9 Å². The third kappa shape index (κ3) is 3.77. The number of halogens is 2. The minimum absolute atomic E-state index is 0.272. The van der Waals surface area contributed by atoms with E-state index < -0.39 is 0 Å². The van der Waals surface area contributed by atoms with E-state index in [1.54, 1.807) is 19.2 Å². The van der Waals surface area contributed by atoms with Crippen LogP contribution in [-0.2, 0) is 6.54 Å². The van der Waals surface area contributed by atoms with Crippen molar-refractivity contribution in [3.63, 3.8) is 0 Å². The first-order chi connectivity index (χ1) is 9.60. The second kappa shape index (κ2) is 6.81. The molecule has 20 heavy (non-hydrogen) atoms. The van der Waals surface area contributed by atoms with Gasteiger partial charge in [0.15, 0.2) is 0 Å². The van der Waals surface area contributed by atoms with Crippen LogP contribution in [0.4, 0.5) is 4.39 Å². The monoisotopic (exact) mass is 338 g/mol. The molecule has 5 heteroatoms. The number of aryl methyl sites for hydroxylation is 1. The average Bonchev–Trinajstić information content (AvgIpc) is 2.41. The molecular formula is C15H16BrFN2O. The van der Waals surface area contributed by atoms with Gasteiger partial charge in [0.25, 0.3) is 0 Å². The van der Waals surface area contributed by atoms with Crippen molar-refractivity contribution in [1.29, 1.82) is 0 Å². The summed E-state index contributed by atoms with van der Waals surface area (Å²) in [4.78, 5) is 4.29. The van der Waals surface area contributed by atoms with Crippen LogP contribution < -0.4 is 10.1 Å². The average molecular weight is 339 g/mol. The summed E-state index contributed by atoms with van der Waals surface area (Å²) in [6.45, 7) is 5.37. The number of hydrogen-bond donors (Lipinski definition) is 1. The largest absolute Gasteiger partial charge is 0.438 e. The van der Waals surface area contributed by atoms with E-state index in [9.17, 15) is 4.39 Å². The molecule has 0 radical (unpaired) electrons. The van der Waals surface area contributed by atoms with Gasteiger partial charge in [-0.2, -0.15) is 0 Å². The van der Waals surface area contributed by atoms with Crippen molar-refractivity contribution >= 4 is 15.9 Å². The molecule has 0 atom stereocenters. The molecule has 2 aromatic rings. The third-order valence-electron chi connectivity index (χ3n) is 2.80. The maximum absolute atomic E-state index is 13.1. The van der Waals surface area contributed by atoms with Gasteiger partial charge in [-0.15, -0.1) is 0 Å². The van der Waals surface area contributed by atoms with Crippen LogP contribution in [0.2, 0.25) is 0 Å². The van der Waals surface area contributed by atoms with E-state index in [0.717, 1.165) is 22.1 Å². The molecule has 0 saturated carbocycles. The number of hydrogen-bond acceptors (Lipinski definition) is 3. The molecule has 0 aliphatic carbocycles. The highest BCUT2D eigenvalue weighted by Gasteiger charge is 2.09. The van der Waals surface area contributed by atoms with Gasteiger partial charge in [0.1, 0.15) is 11.6 Å². The normalized spacial score (nSPS) is 10.6. The van der Waals surface area contributed by atoms with Gasteiger partial charge in [-0.1, -0.05) is 6.92 Å². The topological polar surface area (TPSA) is 34.2 Å². The van der Waals surface area contributed by atoms with Crippen molar-refractivity contribution in [2.45, 2.75) is 20.4 Å². The molecule has 0 unspecified atom stereocenters. The van der Waals surface area contributed by atoms with Crippen molar-refractivity contribution in [3.05, 3.63) is 51.9 Å². The maximum Gasteiger partial charge on any atom is 0.223 e. The molecular weight excluding hydrogens is 323 g/mol. The van der Waals surface area contributed by atoms with E-state index >= 15 is 0 Å². The summed E-state index contributed by atoms with van der Waals surface area (Å²) in [5, 5.41) is 3.24. The molecule has 3 nitrogen and oxygen atoms in total. The first-order valence-electron chi connectivity index (χ1n) is 6.39. The molecule has 106 valence electrons. The van der Waals surface area contributed by atoms with Gasteiger partial charge >= 0.3 is 0 Å². The Labute approximate surface area is 126 Å². The Morgan fingerprint density at radius 1 is 1.35 bits per heavy atom. The molecule has 1 N–H and O–H groups in total. The summed E-state index contributed by atoms with van der Waals surface area (Å²) in [6, 6.07) is 6.40. The quantitative estimate of drug-likeness (QED) is 0.887. The molecule has 2 rings (SSSR count). The summed E-state index contributed by atoms with van der Waals surface area (Å²) >= 11 is 3.40. The fourth-order valence-electron chi connectivity index (χ4n) is 1.78. The van der Waals surface area contributed by atoms with Gasteiger partial charge < -0.3 is 10.1 Å². The number of ether oxygens (including phenoxy) is 1. The molecule has 0 bridgehead atoms. The predicted octanol–water partition coefficient (Wildman–Crippen LogP) is 4.19. The fraction of sp³-hybridized carbons (Fsp3) is 0.267. The van der Waals surface area contributed by atoms with Gasteiger partial charge in [0.2, 0.25) is 5.88 Å². The van der Waals surface area contributed by atoms with Crippen molar-refractivity contribution in [2.75, 3.05) is 6.54 Å². The second-order valence-corrected chi connectivity index (χ2v) is 5.33. The molecule has 0 amide bonds. The Balaban J connectivity index is 2.27. The highest BCUT2D eigenvalue weighted by Crippen LogP contribution is 2.28. The molecule has 0 spiro atoms. The zero-order chi connectivity index (χ0) is 14.5. The minimum Gasteiger partial charge on any atom is -0.438 e. The van der Waals surface area contributed by atoms with Crippen LogP contribution in [0, 0.1) is 12.7 Å². The second-order valence-electron chi connectivity index (χ2n) is 4.41. The van der Waals surface area contributed by atoms with Gasteiger partial charge in [-0.3, -0.25) is 0 Å². The lowest BCUT2D eigenvalue weighted by Crippen LogP contribution is -2.13. The van der Waals surface area contributed by atoms with Crippen molar-refractivity contribution in [3.8, 4) is 11.6 Å². The van der Waals surface area contributed by atoms with E-state index in [4.69, 9.17) is 4.74 Å². The SMILES string of the molecule is CCNCc1cc(Br)cnc1Oc1ccc(F)cc1C. The molecule has 0 aliphatic rings. The molecule has 0 saturated heterocycles. The summed E-state index contributed by atoms with van der Waals surface area (Å²) in [5.41, 5.74) is 1.69. The third-order valence-corrected chi connectivity index (χ3v) is 3.23. The van der Waals surface area contributed by atoms with Gasteiger partial charge in [-0.25, -0.2) is 9.37 Å². The fourth-order valence-corrected chi connectivity index (χ4v) is 2.16. The van der Waals surface area contributed by atoms with Crippen LogP contribution >= 0.6 is 15.9 Å². The maximum atomic E-state index is 13.1. The zero-order valence-electron chi connectivity index (χ0n) is 11.4. The lowest BCUT2D eigenvalue weighted by atomic mass is 10.2. The van der Waals surface area contributed by atoms with E-state index in [2.05, 4.69) is 26.2 Å². The minimum atomic E-state index is -0.272. The molecule has 1 aromatic carbocycles. The van der Waals surface area contributed by atoms with Gasteiger partial charge in [-0.05, 0) is 59.2 Å². The highest BCUT2D eigenvalue weighted by atomic mass is 79.9. The molecule has 0 fully saturated rings. The van der Waals surface area contributed by atoms with Gasteiger partial charge in [0.05, 0.1) is 0 Å². The van der Waals surface area contributed by atoms with E-state index in [0.29, 0.717) is 18.2 Å². The summed E-state index contributed by atoms with van der Waals surface area (Å²) in [5.74, 6) is 0.870. The molecule has 1 heterocycles. The van der Waals surface area contributed by atoms with Crippen LogP contribution in [-0.4, -0.2) is 11.5 Å². The Morgan fingerprint density at radius 2 is 2.15 bits per heavy atom. The van der Waals surface area contributed by atoms with Crippen molar-refractivity contribution in [2.24, 2.45) is 0 Å². The Bertz CT molecular complexity index is 604. The van der Waals surface area contributed by atoms with Crippen LogP contribution in [0.5, 0.6) is 11.6 Å². The van der Waals surface area contributed by atoms with Crippen LogP contribution in [0.25, 0.3) is 0 Å². The number of aromatic nitrogens is 1. The number of rotatable bonds is 5. The summed E-state index contributed by atoms with van der Waals surface area (Å²) in [6.07, 6.45) is 1.68. The summed E-state index contributed by atoms with van der Waals surface area (Å²) < 4.78 is 19.8. The summed E-state index contributed by atoms with van der Waals surface area (Å²) in [7, 11) is 0. The number of nitrogens with zero attached hydrogens (tertiary/aromatic N) is 1. The lowest BCUT2D eigenvalue weighted by Gasteiger charge is -2.12. The number of pyridine rings is 1. The van der Waals surface area contributed by atoms with Crippen molar-refractivity contribution in [1.82, 2.24) is 10.3 Å². The number of nitrogens with one attached hydrogen (secondary N) is 1. The van der Waals surface area contributed by atoms with Gasteiger partial charge in [0, 0.05) is 22.8 Å². The Kier molecular flexibility index (Phi) is 5.09. The standard InChI is InChI=1S/C15H16BrFN2O/c1-3-18-8-11-7-12(16)9-19-15(11)20-14-5-4-13(17)6-10(14)2/h4-7,9,18H,3,8H2,1-2H3. The predicted molar refractivity (Wildman–Crippen MR) is 80.5 cm³/mol. The van der Waals surface area contributed by atoms with Crippen LogP contribution in [0.3, 0.4) is 0 Å². The van der Waals surface area contributed by atoms with E-state index in [-0.39, 0.29) is 5.82 Å². The first-order valence-corrected chi connectivity index (χ1v) is 7.18. The number of benzene rings is 1. The van der Waals surface area contributed by atoms with E-state index in [1.807, 2.05) is 13.0 Å². The highest BCUT2D eigenvalue weighted by molar-refractivity contribution is 9.10. The van der Waals surface area contributed by atoms with Crippen molar-refractivity contribution < 1.29 is 9.13 Å². The Morgan fingerprint density at radius 3 is 2.85 bits per heavy atom. The first kappa shape index (κ1) is 14.9. The lowest BCUT2D eigenvalue weighted by molar-refractivity contribution is 0.448. The zero-order valence-corrected chi connectivity index (χ0v) is 13.0. The molecule has 0 aliphatic heterocycles. The van der Waals surface area contributed by atoms with Crippen LogP contribution in [0.1, 0.15) is 18.1 Å².